The molecule has 0 amide bonds. The summed E-state index contributed by atoms with van der Waals surface area (Å²) in [6, 6.07) is 10.1. The van der Waals surface area contributed by atoms with Gasteiger partial charge in [0.05, 0.1) is 0 Å². The van der Waals surface area contributed by atoms with Crippen molar-refractivity contribution >= 4 is 33.8 Å². The van der Waals surface area contributed by atoms with E-state index in [4.69, 9.17) is 0 Å². The highest BCUT2D eigenvalue weighted by molar-refractivity contribution is 6.14. The topological polar surface area (TPSA) is 25.2 Å². The molecule has 0 atom stereocenters. The molecule has 22 heavy (non-hydrogen) atoms. The van der Waals surface area contributed by atoms with Crippen LogP contribution in [0.2, 0.25) is 0 Å². The fourth-order valence-electron chi connectivity index (χ4n) is 3.27. The number of rotatable bonds is 1. The Balaban J connectivity index is 2.65. The van der Waals surface area contributed by atoms with Crippen molar-refractivity contribution in [3.05, 3.63) is 46.0 Å². The highest BCUT2D eigenvalue weighted by Crippen LogP contribution is 2.30. The fourth-order valence-corrected chi connectivity index (χ4v) is 3.27. The summed E-state index contributed by atoms with van der Waals surface area (Å²) in [5.74, 6) is 0. The van der Waals surface area contributed by atoms with E-state index >= 15 is 0 Å². The number of nitrogens with zero attached hydrogens (tertiary/aromatic N) is 2. The summed E-state index contributed by atoms with van der Waals surface area (Å²) >= 11 is 0. The molecule has 0 aliphatic carbocycles. The largest absolute Gasteiger partial charge is 0.377 e. The van der Waals surface area contributed by atoms with Crippen LogP contribution in [0.5, 0.6) is 0 Å². The van der Waals surface area contributed by atoms with E-state index < -0.39 is 0 Å². The normalized spacial score (nSPS) is 12.2. The summed E-state index contributed by atoms with van der Waals surface area (Å²) in [5, 5.41) is 4.71. The van der Waals surface area contributed by atoms with Crippen LogP contribution in [0.1, 0.15) is 20.8 Å². The molecule has 0 saturated carbocycles. The Morgan fingerprint density at radius 3 is 2.23 bits per heavy atom. The molecule has 3 heteroatoms. The number of benzene rings is 2. The third-order valence-corrected chi connectivity index (χ3v) is 4.18. The molecule has 2 aromatic carbocycles. The predicted octanol–water partition coefficient (Wildman–Crippen LogP) is 3.10. The minimum Gasteiger partial charge on any atom is -0.377 e. The smallest absolute Gasteiger partial charge is 0.259 e. The van der Waals surface area contributed by atoms with Gasteiger partial charge in [0.2, 0.25) is 0 Å². The van der Waals surface area contributed by atoms with Crippen LogP contribution in [0.25, 0.3) is 28.1 Å². The Kier molecular flexibility index (Phi) is 3.06. The van der Waals surface area contributed by atoms with Crippen LogP contribution in [0.15, 0.2) is 35.1 Å². The van der Waals surface area contributed by atoms with Gasteiger partial charge in [-0.05, 0) is 32.9 Å². The molecule has 0 radical (unpaired) electrons. The lowest BCUT2D eigenvalue weighted by molar-refractivity contribution is 0.379. The van der Waals surface area contributed by atoms with Crippen molar-refractivity contribution in [2.75, 3.05) is 19.0 Å². The van der Waals surface area contributed by atoms with Crippen LogP contribution < -0.4 is 15.8 Å². The highest BCUT2D eigenvalue weighted by Gasteiger charge is 2.20. The van der Waals surface area contributed by atoms with Gasteiger partial charge in [-0.2, -0.15) is 0 Å². The maximum absolute atomic E-state index is 13.0. The molecular weight excluding hydrogens is 272 g/mol. The summed E-state index contributed by atoms with van der Waals surface area (Å²) in [6.07, 6.45) is 0. The molecule has 0 spiro atoms. The molecule has 114 valence electrons. The maximum Gasteiger partial charge on any atom is 0.259 e. The van der Waals surface area contributed by atoms with Crippen LogP contribution >= 0.6 is 0 Å². The molecule has 3 aromatic rings. The van der Waals surface area contributed by atoms with Crippen LogP contribution in [-0.2, 0) is 5.54 Å². The van der Waals surface area contributed by atoms with Gasteiger partial charge < -0.3 is 9.47 Å². The second kappa shape index (κ2) is 4.60. The minimum atomic E-state index is -0.297. The van der Waals surface area contributed by atoms with E-state index in [0.29, 0.717) is 0 Å². The zero-order valence-corrected chi connectivity index (χ0v) is 13.9. The van der Waals surface area contributed by atoms with Crippen LogP contribution in [0.4, 0.5) is 5.69 Å². The zero-order valence-electron chi connectivity index (χ0n) is 13.9. The van der Waals surface area contributed by atoms with Crippen LogP contribution in [0, 0.1) is 0 Å². The van der Waals surface area contributed by atoms with E-state index in [1.165, 1.54) is 0 Å². The number of pyridine rings is 1. The molecule has 0 fully saturated rings. The van der Waals surface area contributed by atoms with Gasteiger partial charge in [-0.1, -0.05) is 24.8 Å². The van der Waals surface area contributed by atoms with Gasteiger partial charge in [0, 0.05) is 52.2 Å². The third kappa shape index (κ3) is 1.92. The minimum absolute atomic E-state index is 0.0338. The highest BCUT2D eigenvalue weighted by atomic mass is 16.1. The quantitative estimate of drug-likeness (QED) is 0.689. The second-order valence-corrected chi connectivity index (χ2v) is 7.01. The van der Waals surface area contributed by atoms with Gasteiger partial charge in [0.1, 0.15) is 0 Å². The van der Waals surface area contributed by atoms with Crippen molar-refractivity contribution in [1.82, 2.24) is 4.57 Å². The van der Waals surface area contributed by atoms with Crippen molar-refractivity contribution in [2.24, 2.45) is 0 Å². The standard InChI is InChI=1S/C19H22N2O/c1-12-13-10-11-16(20(5)6)14-8-7-9-15(17(13)14)18(22)21(12)19(2,3)4/h7-11H,1H2,2-6H3. The van der Waals surface area contributed by atoms with Crippen LogP contribution in [-0.4, -0.2) is 18.7 Å². The lowest BCUT2D eigenvalue weighted by atomic mass is 9.98. The average Bonchev–Trinajstić information content (AvgIpc) is 2.42. The summed E-state index contributed by atoms with van der Waals surface area (Å²) in [5.41, 5.74) is 0.853. The van der Waals surface area contributed by atoms with Gasteiger partial charge in [0.25, 0.3) is 5.56 Å². The Morgan fingerprint density at radius 2 is 1.64 bits per heavy atom. The number of anilines is 1. The zero-order chi connectivity index (χ0) is 16.2. The molecule has 1 heterocycles. The Bertz CT molecular complexity index is 942. The van der Waals surface area contributed by atoms with Crippen LogP contribution in [0.3, 0.4) is 0 Å². The SMILES string of the molecule is C=c1c2ccc(N(C)C)c3cccc(c(=O)n1C(C)(C)C)c32. The third-order valence-electron chi connectivity index (χ3n) is 4.18. The number of hydrogen-bond acceptors (Lipinski definition) is 2. The van der Waals surface area contributed by atoms with Gasteiger partial charge in [-0.25, -0.2) is 0 Å². The van der Waals surface area contributed by atoms with Crippen molar-refractivity contribution in [3.63, 3.8) is 0 Å². The lowest BCUT2D eigenvalue weighted by Crippen LogP contribution is -2.43. The van der Waals surface area contributed by atoms with Gasteiger partial charge in [-0.3, -0.25) is 4.79 Å². The van der Waals surface area contributed by atoms with E-state index in [-0.39, 0.29) is 11.1 Å². The first kappa shape index (κ1) is 14.6. The second-order valence-electron chi connectivity index (χ2n) is 7.01. The average molecular weight is 294 g/mol. The van der Waals surface area contributed by atoms with Crippen molar-refractivity contribution in [3.8, 4) is 0 Å². The molecule has 1 aromatic heterocycles. The van der Waals surface area contributed by atoms with E-state index in [1.54, 1.807) is 4.57 Å². The maximum atomic E-state index is 13.0. The van der Waals surface area contributed by atoms with Crippen molar-refractivity contribution in [2.45, 2.75) is 26.3 Å². The monoisotopic (exact) mass is 294 g/mol. The molecule has 3 rings (SSSR count). The molecular formula is C19H22N2O. The number of hydrogen-bond donors (Lipinski definition) is 0. The van der Waals surface area contributed by atoms with Gasteiger partial charge >= 0.3 is 0 Å². The van der Waals surface area contributed by atoms with Crippen molar-refractivity contribution < 1.29 is 0 Å². The first-order chi connectivity index (χ1) is 10.2. The molecule has 0 saturated heterocycles. The van der Waals surface area contributed by atoms with E-state index in [0.717, 1.165) is 32.6 Å². The molecule has 0 aliphatic heterocycles. The molecule has 3 nitrogen and oxygen atoms in total. The number of aromatic nitrogens is 1. The lowest BCUT2D eigenvalue weighted by Gasteiger charge is -2.25. The fraction of sp³-hybridized carbons (Fsp3) is 0.316. The van der Waals surface area contributed by atoms with E-state index in [2.05, 4.69) is 29.7 Å². The predicted molar refractivity (Wildman–Crippen MR) is 95.8 cm³/mol. The van der Waals surface area contributed by atoms with Crippen molar-refractivity contribution in [1.29, 1.82) is 0 Å². The summed E-state index contributed by atoms with van der Waals surface area (Å²) < 4.78 is 1.80. The molecule has 0 aliphatic rings. The molecule has 0 unspecified atom stereocenters. The Morgan fingerprint density at radius 1 is 1.00 bits per heavy atom. The molecule has 0 N–H and O–H groups in total. The van der Waals surface area contributed by atoms with E-state index in [9.17, 15) is 4.79 Å². The first-order valence-corrected chi connectivity index (χ1v) is 7.50. The summed E-state index contributed by atoms with van der Waals surface area (Å²) in [4.78, 5) is 15.1. The van der Waals surface area contributed by atoms with Gasteiger partial charge in [0.15, 0.2) is 0 Å². The Labute approximate surface area is 130 Å². The Hall–Kier alpha value is -2.29. The summed E-state index contributed by atoms with van der Waals surface area (Å²) in [6.45, 7) is 10.3. The van der Waals surface area contributed by atoms with E-state index in [1.807, 2.05) is 47.0 Å². The first-order valence-electron chi connectivity index (χ1n) is 7.50. The molecule has 0 bridgehead atoms. The van der Waals surface area contributed by atoms with Gasteiger partial charge in [-0.15, -0.1) is 0 Å². The summed E-state index contributed by atoms with van der Waals surface area (Å²) in [7, 11) is 4.04.